The fraction of sp³-hybridized carbons (Fsp3) is 0.636. The summed E-state index contributed by atoms with van der Waals surface area (Å²) in [5, 5.41) is 0. The molecule has 0 N–H and O–H groups in total. The maximum absolute atomic E-state index is 5.69. The van der Waals surface area contributed by atoms with E-state index in [0.29, 0.717) is 6.10 Å². The Bertz CT molecular complexity index is 226. The van der Waals surface area contributed by atoms with Crippen molar-refractivity contribution >= 4 is 0 Å². The van der Waals surface area contributed by atoms with Gasteiger partial charge in [0.05, 0.1) is 18.2 Å². The molecule has 0 unspecified atom stereocenters. The molecular weight excluding hydrogens is 162 g/mol. The monoisotopic (exact) mass is 179 g/mol. The predicted molar refractivity (Wildman–Crippen MR) is 53.7 cm³/mol. The molecule has 0 spiro atoms. The number of hydrogen-bond donors (Lipinski definition) is 0. The number of nitrogens with zero attached hydrogens (tertiary/aromatic N) is 1. The second-order valence-corrected chi connectivity index (χ2v) is 4.06. The molecule has 2 heteroatoms. The molecule has 2 nitrogen and oxygen atoms in total. The fourth-order valence-electron chi connectivity index (χ4n) is 1.94. The number of rotatable bonds is 3. The van der Waals surface area contributed by atoms with Crippen molar-refractivity contribution < 1.29 is 4.74 Å². The van der Waals surface area contributed by atoms with Gasteiger partial charge in [-0.05, 0) is 13.8 Å². The second-order valence-electron chi connectivity index (χ2n) is 4.06. The van der Waals surface area contributed by atoms with Crippen LogP contribution in [0.1, 0.15) is 13.8 Å². The zero-order valence-electron chi connectivity index (χ0n) is 8.36. The van der Waals surface area contributed by atoms with Crippen molar-refractivity contribution in [1.82, 2.24) is 4.90 Å². The lowest BCUT2D eigenvalue weighted by molar-refractivity contribution is 0.0280. The average Bonchev–Trinajstić information content (AvgIpc) is 2.57. The van der Waals surface area contributed by atoms with Gasteiger partial charge < -0.3 is 4.74 Å². The molecule has 0 aromatic carbocycles. The fourth-order valence-corrected chi connectivity index (χ4v) is 1.94. The van der Waals surface area contributed by atoms with Crippen molar-refractivity contribution in [3.63, 3.8) is 0 Å². The molecule has 0 saturated carbocycles. The van der Waals surface area contributed by atoms with Gasteiger partial charge in [0.2, 0.25) is 0 Å². The summed E-state index contributed by atoms with van der Waals surface area (Å²) in [6, 6.07) is 0. The Labute approximate surface area is 79.9 Å². The van der Waals surface area contributed by atoms with E-state index < -0.39 is 0 Å². The maximum atomic E-state index is 5.69. The quantitative estimate of drug-likeness (QED) is 0.610. The van der Waals surface area contributed by atoms with Crippen LogP contribution in [-0.4, -0.2) is 36.2 Å². The van der Waals surface area contributed by atoms with E-state index in [1.54, 1.807) is 0 Å². The third kappa shape index (κ3) is 1.56. The first-order valence-electron chi connectivity index (χ1n) is 4.95. The molecule has 0 aromatic rings. The summed E-state index contributed by atoms with van der Waals surface area (Å²) in [4.78, 5) is 2.43. The third-order valence-electron chi connectivity index (χ3n) is 2.70. The number of ether oxygens (including phenoxy) is 1. The van der Waals surface area contributed by atoms with E-state index >= 15 is 0 Å². The standard InChI is InChI=1S/C11H17NO/c1-10(2)13-9-11-5-3-7-12(11)8-4-6-11/h3-6,10H,7-9H2,1-2H3. The van der Waals surface area contributed by atoms with E-state index in [0.717, 1.165) is 19.7 Å². The molecule has 0 saturated heterocycles. The van der Waals surface area contributed by atoms with Crippen molar-refractivity contribution in [2.75, 3.05) is 19.7 Å². The molecule has 2 aliphatic rings. The summed E-state index contributed by atoms with van der Waals surface area (Å²) < 4.78 is 5.69. The van der Waals surface area contributed by atoms with Crippen molar-refractivity contribution in [3.8, 4) is 0 Å². The molecule has 0 aromatic heterocycles. The minimum Gasteiger partial charge on any atom is -0.376 e. The van der Waals surface area contributed by atoms with E-state index in [9.17, 15) is 0 Å². The molecule has 0 aliphatic carbocycles. The number of hydrogen-bond acceptors (Lipinski definition) is 2. The van der Waals surface area contributed by atoms with E-state index in [2.05, 4.69) is 43.1 Å². The Hall–Kier alpha value is -0.600. The molecule has 2 aliphatic heterocycles. The van der Waals surface area contributed by atoms with Gasteiger partial charge in [-0.15, -0.1) is 0 Å². The lowest BCUT2D eigenvalue weighted by atomic mass is 10.0. The molecular formula is C11H17NO. The third-order valence-corrected chi connectivity index (χ3v) is 2.70. The Kier molecular flexibility index (Phi) is 2.26. The molecule has 0 radical (unpaired) electrons. The second kappa shape index (κ2) is 3.28. The van der Waals surface area contributed by atoms with Gasteiger partial charge in [-0.1, -0.05) is 24.3 Å². The highest BCUT2D eigenvalue weighted by atomic mass is 16.5. The Balaban J connectivity index is 2.02. The smallest absolute Gasteiger partial charge is 0.0819 e. The summed E-state index contributed by atoms with van der Waals surface area (Å²) in [5.74, 6) is 0. The molecule has 0 atom stereocenters. The van der Waals surface area contributed by atoms with Crippen LogP contribution in [0.5, 0.6) is 0 Å². The minimum atomic E-state index is 0.0876. The Morgan fingerprint density at radius 2 is 1.92 bits per heavy atom. The largest absolute Gasteiger partial charge is 0.376 e. The molecule has 0 bridgehead atoms. The lowest BCUT2D eigenvalue weighted by Crippen LogP contribution is -2.43. The van der Waals surface area contributed by atoms with Crippen molar-refractivity contribution in [2.24, 2.45) is 0 Å². The highest BCUT2D eigenvalue weighted by Gasteiger charge is 2.37. The van der Waals surface area contributed by atoms with Crippen LogP contribution < -0.4 is 0 Å². The first kappa shape index (κ1) is 8.97. The molecule has 2 heterocycles. The summed E-state index contributed by atoms with van der Waals surface area (Å²) >= 11 is 0. The highest BCUT2D eigenvalue weighted by molar-refractivity contribution is 5.29. The summed E-state index contributed by atoms with van der Waals surface area (Å²) in [6.45, 7) is 7.08. The van der Waals surface area contributed by atoms with Gasteiger partial charge in [-0.2, -0.15) is 0 Å². The first-order valence-corrected chi connectivity index (χ1v) is 4.95. The van der Waals surface area contributed by atoms with Crippen LogP contribution in [0, 0.1) is 0 Å². The Morgan fingerprint density at radius 3 is 2.46 bits per heavy atom. The normalized spacial score (nSPS) is 24.5. The highest BCUT2D eigenvalue weighted by Crippen LogP contribution is 2.29. The van der Waals surface area contributed by atoms with Crippen LogP contribution in [0.2, 0.25) is 0 Å². The minimum absolute atomic E-state index is 0.0876. The SMILES string of the molecule is CC(C)OCC12C=CCN1CC=C2. The average molecular weight is 179 g/mol. The van der Waals surface area contributed by atoms with Crippen LogP contribution in [0.15, 0.2) is 24.3 Å². The zero-order chi connectivity index (χ0) is 9.31. The first-order chi connectivity index (χ1) is 6.23. The van der Waals surface area contributed by atoms with Gasteiger partial charge in [0.25, 0.3) is 0 Å². The number of fused-ring (bicyclic) bond motifs is 1. The summed E-state index contributed by atoms with van der Waals surface area (Å²) in [6.07, 6.45) is 9.30. The lowest BCUT2D eigenvalue weighted by Gasteiger charge is -2.30. The molecule has 0 amide bonds. The molecule has 13 heavy (non-hydrogen) atoms. The van der Waals surface area contributed by atoms with Gasteiger partial charge in [-0.25, -0.2) is 0 Å². The van der Waals surface area contributed by atoms with Gasteiger partial charge in [-0.3, -0.25) is 4.90 Å². The van der Waals surface area contributed by atoms with E-state index in [4.69, 9.17) is 4.74 Å². The van der Waals surface area contributed by atoms with Crippen molar-refractivity contribution in [2.45, 2.75) is 25.5 Å². The molecule has 0 fully saturated rings. The topological polar surface area (TPSA) is 12.5 Å². The Morgan fingerprint density at radius 1 is 1.31 bits per heavy atom. The van der Waals surface area contributed by atoms with E-state index in [1.165, 1.54) is 0 Å². The van der Waals surface area contributed by atoms with Crippen LogP contribution in [0.3, 0.4) is 0 Å². The van der Waals surface area contributed by atoms with Gasteiger partial charge >= 0.3 is 0 Å². The molecule has 72 valence electrons. The molecule has 2 rings (SSSR count). The van der Waals surface area contributed by atoms with E-state index in [1.807, 2.05) is 0 Å². The maximum Gasteiger partial charge on any atom is 0.0819 e. The van der Waals surface area contributed by atoms with Crippen LogP contribution in [0.4, 0.5) is 0 Å². The van der Waals surface area contributed by atoms with Crippen LogP contribution in [0.25, 0.3) is 0 Å². The summed E-state index contributed by atoms with van der Waals surface area (Å²) in [5.41, 5.74) is 0.0876. The van der Waals surface area contributed by atoms with Crippen LogP contribution >= 0.6 is 0 Å². The van der Waals surface area contributed by atoms with Gasteiger partial charge in [0, 0.05) is 13.1 Å². The summed E-state index contributed by atoms with van der Waals surface area (Å²) in [7, 11) is 0. The van der Waals surface area contributed by atoms with Crippen molar-refractivity contribution in [1.29, 1.82) is 0 Å². The zero-order valence-corrected chi connectivity index (χ0v) is 8.36. The van der Waals surface area contributed by atoms with E-state index in [-0.39, 0.29) is 5.54 Å². The van der Waals surface area contributed by atoms with Crippen LogP contribution in [-0.2, 0) is 4.74 Å². The van der Waals surface area contributed by atoms with Crippen molar-refractivity contribution in [3.05, 3.63) is 24.3 Å². The predicted octanol–water partition coefficient (Wildman–Crippen LogP) is 1.59. The van der Waals surface area contributed by atoms with Gasteiger partial charge in [0.15, 0.2) is 0 Å². The van der Waals surface area contributed by atoms with Gasteiger partial charge in [0.1, 0.15) is 0 Å².